The van der Waals surface area contributed by atoms with Crippen molar-refractivity contribution in [2.75, 3.05) is 6.26 Å². The minimum Gasteiger partial charge on any atom is -0.345 e. The Morgan fingerprint density at radius 3 is 2.12 bits per heavy atom. The zero-order valence-corrected chi connectivity index (χ0v) is 15.9. The summed E-state index contributed by atoms with van der Waals surface area (Å²) in [6.07, 6.45) is 2.36. The maximum absolute atomic E-state index is 12.7. The van der Waals surface area contributed by atoms with Crippen LogP contribution in [0.5, 0.6) is 0 Å². The topological polar surface area (TPSA) is 42.0 Å². The van der Waals surface area contributed by atoms with Crippen LogP contribution in [0, 0.1) is 6.92 Å². The van der Waals surface area contributed by atoms with Gasteiger partial charge in [0.1, 0.15) is 4.34 Å². The molecular weight excluding hydrogens is 348 g/mol. The summed E-state index contributed by atoms with van der Waals surface area (Å²) < 4.78 is 1.00. The molecule has 0 fully saturated rings. The fraction of sp³-hybridized carbons (Fsp3) is 0.200. The van der Waals surface area contributed by atoms with E-state index in [-0.39, 0.29) is 11.9 Å². The largest absolute Gasteiger partial charge is 0.345 e. The summed E-state index contributed by atoms with van der Waals surface area (Å²) in [6, 6.07) is 20.0. The molecule has 0 atom stereocenters. The predicted octanol–water partition coefficient (Wildman–Crippen LogP) is 4.62. The standard InChI is InChI=1S/C20H20N2OS2/c1-14-17(25-20(21-14)24-2)13-18(23)22-19(15-9-5-3-6-10-15)16-11-7-4-8-12-16/h3-12,19H,13H2,1-2H3,(H,22,23). The molecule has 0 saturated heterocycles. The molecule has 1 N–H and O–H groups in total. The molecule has 3 nitrogen and oxygen atoms in total. The maximum Gasteiger partial charge on any atom is 0.226 e. The van der Waals surface area contributed by atoms with Gasteiger partial charge in [0.25, 0.3) is 0 Å². The van der Waals surface area contributed by atoms with E-state index in [1.54, 1.807) is 23.1 Å². The molecule has 0 aliphatic carbocycles. The molecule has 25 heavy (non-hydrogen) atoms. The molecule has 0 bridgehead atoms. The third-order valence-electron chi connectivity index (χ3n) is 3.94. The number of nitrogens with zero attached hydrogens (tertiary/aromatic N) is 1. The van der Waals surface area contributed by atoms with Crippen LogP contribution in [0.15, 0.2) is 65.0 Å². The van der Waals surface area contributed by atoms with Gasteiger partial charge in [-0.05, 0) is 24.3 Å². The molecular formula is C20H20N2OS2. The summed E-state index contributed by atoms with van der Waals surface area (Å²) in [5.74, 6) is 0.0112. The monoisotopic (exact) mass is 368 g/mol. The Labute approximate surface area is 156 Å². The number of rotatable bonds is 6. The van der Waals surface area contributed by atoms with Crippen molar-refractivity contribution in [3.05, 3.63) is 82.4 Å². The molecule has 0 aliphatic rings. The van der Waals surface area contributed by atoms with Crippen LogP contribution in [0.25, 0.3) is 0 Å². The van der Waals surface area contributed by atoms with E-state index in [4.69, 9.17) is 0 Å². The molecule has 1 amide bonds. The van der Waals surface area contributed by atoms with E-state index < -0.39 is 0 Å². The predicted molar refractivity (Wildman–Crippen MR) is 105 cm³/mol. The number of hydrogen-bond acceptors (Lipinski definition) is 4. The zero-order chi connectivity index (χ0) is 17.6. The highest BCUT2D eigenvalue weighted by atomic mass is 32.2. The smallest absolute Gasteiger partial charge is 0.226 e. The number of thioether (sulfide) groups is 1. The second-order valence-electron chi connectivity index (χ2n) is 5.69. The van der Waals surface area contributed by atoms with Crippen molar-refractivity contribution < 1.29 is 4.79 Å². The van der Waals surface area contributed by atoms with E-state index in [9.17, 15) is 4.79 Å². The minimum absolute atomic E-state index is 0.0112. The van der Waals surface area contributed by atoms with Gasteiger partial charge in [0.15, 0.2) is 0 Å². The summed E-state index contributed by atoms with van der Waals surface area (Å²) in [4.78, 5) is 18.2. The zero-order valence-electron chi connectivity index (χ0n) is 14.2. The molecule has 1 heterocycles. The quantitative estimate of drug-likeness (QED) is 0.646. The number of hydrogen-bond donors (Lipinski definition) is 1. The average molecular weight is 369 g/mol. The van der Waals surface area contributed by atoms with Crippen molar-refractivity contribution >= 4 is 29.0 Å². The number of aryl methyl sites for hydroxylation is 1. The molecule has 128 valence electrons. The summed E-state index contributed by atoms with van der Waals surface area (Å²) in [7, 11) is 0. The first-order valence-corrected chi connectivity index (χ1v) is 10.1. The van der Waals surface area contributed by atoms with Gasteiger partial charge in [-0.15, -0.1) is 11.3 Å². The van der Waals surface area contributed by atoms with Crippen LogP contribution in [-0.2, 0) is 11.2 Å². The first-order valence-electron chi connectivity index (χ1n) is 8.07. The fourth-order valence-corrected chi connectivity index (χ4v) is 4.31. The third-order valence-corrected chi connectivity index (χ3v) is 6.08. The molecule has 0 radical (unpaired) electrons. The first-order chi connectivity index (χ1) is 12.2. The fourth-order valence-electron chi connectivity index (χ4n) is 2.66. The van der Waals surface area contributed by atoms with Gasteiger partial charge < -0.3 is 5.32 Å². The number of benzene rings is 2. The lowest BCUT2D eigenvalue weighted by atomic mass is 9.98. The SMILES string of the molecule is CSc1nc(C)c(CC(=O)NC(c2ccccc2)c2ccccc2)s1. The Hall–Kier alpha value is -2.11. The molecule has 0 aliphatic heterocycles. The van der Waals surface area contributed by atoms with Crippen molar-refractivity contribution in [1.29, 1.82) is 0 Å². The molecule has 0 saturated carbocycles. The van der Waals surface area contributed by atoms with E-state index in [0.29, 0.717) is 6.42 Å². The summed E-state index contributed by atoms with van der Waals surface area (Å²) in [5.41, 5.74) is 3.10. The van der Waals surface area contributed by atoms with Crippen molar-refractivity contribution in [3.63, 3.8) is 0 Å². The van der Waals surface area contributed by atoms with Gasteiger partial charge in [0, 0.05) is 4.88 Å². The summed E-state index contributed by atoms with van der Waals surface area (Å²) in [5, 5.41) is 3.19. The van der Waals surface area contributed by atoms with Gasteiger partial charge in [-0.3, -0.25) is 4.79 Å². The van der Waals surface area contributed by atoms with Crippen molar-refractivity contribution in [2.45, 2.75) is 23.7 Å². The maximum atomic E-state index is 12.7. The number of nitrogens with one attached hydrogen (secondary N) is 1. The van der Waals surface area contributed by atoms with Crippen LogP contribution < -0.4 is 5.32 Å². The lowest BCUT2D eigenvalue weighted by molar-refractivity contribution is -0.120. The Balaban J connectivity index is 1.80. The Morgan fingerprint density at radius 2 is 1.64 bits per heavy atom. The van der Waals surface area contributed by atoms with E-state index in [1.807, 2.05) is 73.8 Å². The molecule has 0 unspecified atom stereocenters. The van der Waals surface area contributed by atoms with Crippen LogP contribution in [0.3, 0.4) is 0 Å². The molecule has 1 aromatic heterocycles. The highest BCUT2D eigenvalue weighted by molar-refractivity contribution is 8.00. The normalized spacial score (nSPS) is 10.8. The van der Waals surface area contributed by atoms with Crippen molar-refractivity contribution in [1.82, 2.24) is 10.3 Å². The van der Waals surface area contributed by atoms with E-state index >= 15 is 0 Å². The van der Waals surface area contributed by atoms with Gasteiger partial charge >= 0.3 is 0 Å². The summed E-state index contributed by atoms with van der Waals surface area (Å²) >= 11 is 3.21. The van der Waals surface area contributed by atoms with Gasteiger partial charge in [-0.1, -0.05) is 72.4 Å². The van der Waals surface area contributed by atoms with Gasteiger partial charge in [-0.25, -0.2) is 4.98 Å². The highest BCUT2D eigenvalue weighted by Crippen LogP contribution is 2.26. The number of thiazole rings is 1. The number of aromatic nitrogens is 1. The summed E-state index contributed by atoms with van der Waals surface area (Å²) in [6.45, 7) is 1.96. The second kappa shape index (κ2) is 8.32. The van der Waals surface area contributed by atoms with Gasteiger partial charge in [0.05, 0.1) is 18.2 Å². The van der Waals surface area contributed by atoms with Crippen LogP contribution in [-0.4, -0.2) is 17.1 Å². The van der Waals surface area contributed by atoms with Gasteiger partial charge in [0.2, 0.25) is 5.91 Å². The lowest BCUT2D eigenvalue weighted by Crippen LogP contribution is -2.30. The highest BCUT2D eigenvalue weighted by Gasteiger charge is 2.18. The van der Waals surface area contributed by atoms with Crippen LogP contribution in [0.4, 0.5) is 0 Å². The molecule has 3 aromatic rings. The second-order valence-corrected chi connectivity index (χ2v) is 7.83. The van der Waals surface area contributed by atoms with Crippen molar-refractivity contribution in [3.8, 4) is 0 Å². The first kappa shape index (κ1) is 17.7. The van der Waals surface area contributed by atoms with Crippen LogP contribution in [0.1, 0.15) is 27.7 Å². The average Bonchev–Trinajstić information content (AvgIpc) is 3.01. The molecule has 3 rings (SSSR count). The minimum atomic E-state index is -0.150. The lowest BCUT2D eigenvalue weighted by Gasteiger charge is -2.20. The Kier molecular flexibility index (Phi) is 5.89. The Morgan fingerprint density at radius 1 is 1.08 bits per heavy atom. The molecule has 2 aromatic carbocycles. The van der Waals surface area contributed by atoms with E-state index in [1.165, 1.54) is 0 Å². The van der Waals surface area contributed by atoms with E-state index in [2.05, 4.69) is 10.3 Å². The van der Waals surface area contributed by atoms with Crippen LogP contribution >= 0.6 is 23.1 Å². The van der Waals surface area contributed by atoms with Crippen LogP contribution in [0.2, 0.25) is 0 Å². The molecule has 5 heteroatoms. The van der Waals surface area contributed by atoms with Gasteiger partial charge in [-0.2, -0.15) is 0 Å². The van der Waals surface area contributed by atoms with E-state index in [0.717, 1.165) is 26.0 Å². The third kappa shape index (κ3) is 4.50. The Bertz CT molecular complexity index is 792. The number of carbonyl (C=O) groups excluding carboxylic acids is 1. The number of carbonyl (C=O) groups is 1. The molecule has 0 spiro atoms. The number of amides is 1. The van der Waals surface area contributed by atoms with Crippen molar-refractivity contribution in [2.24, 2.45) is 0 Å².